The number of fused-ring (bicyclic) bond motifs is 2. The molecule has 23 heavy (non-hydrogen) atoms. The van der Waals surface area contributed by atoms with Crippen LogP contribution in [-0.4, -0.2) is 20.9 Å². The molecular weight excluding hydrogens is 288 g/mol. The molecule has 0 fully saturated rings. The van der Waals surface area contributed by atoms with Crippen molar-refractivity contribution in [2.24, 2.45) is 0 Å². The number of hydrogen-bond donors (Lipinski definition) is 2. The van der Waals surface area contributed by atoms with Gasteiger partial charge in [-0.05, 0) is 42.7 Å². The second kappa shape index (κ2) is 5.19. The maximum Gasteiger partial charge on any atom is 0.232 e. The zero-order valence-electron chi connectivity index (χ0n) is 13.2. The Kier molecular flexibility index (Phi) is 3.15. The highest BCUT2D eigenvalue weighted by atomic mass is 16.2. The Hall–Kier alpha value is -2.69. The lowest BCUT2D eigenvalue weighted by Gasteiger charge is -2.06. The van der Waals surface area contributed by atoms with Crippen LogP contribution in [0.25, 0.3) is 22.6 Å². The van der Waals surface area contributed by atoms with Crippen LogP contribution in [0.3, 0.4) is 0 Å². The van der Waals surface area contributed by atoms with Crippen LogP contribution in [0.1, 0.15) is 36.8 Å². The third-order valence-electron chi connectivity index (χ3n) is 4.41. The van der Waals surface area contributed by atoms with E-state index in [9.17, 15) is 4.79 Å². The van der Waals surface area contributed by atoms with Crippen LogP contribution in [-0.2, 0) is 4.79 Å². The molecular formula is C18H18N4O. The van der Waals surface area contributed by atoms with Gasteiger partial charge in [0.25, 0.3) is 0 Å². The number of rotatable bonds is 3. The van der Waals surface area contributed by atoms with Crippen LogP contribution >= 0.6 is 0 Å². The highest BCUT2D eigenvalue weighted by molar-refractivity contribution is 6.05. The van der Waals surface area contributed by atoms with E-state index in [0.717, 1.165) is 52.2 Å². The highest BCUT2D eigenvalue weighted by Crippen LogP contribution is 2.38. The molecule has 1 unspecified atom stereocenters. The third-order valence-corrected chi connectivity index (χ3v) is 4.41. The van der Waals surface area contributed by atoms with Gasteiger partial charge in [-0.1, -0.05) is 19.4 Å². The van der Waals surface area contributed by atoms with Gasteiger partial charge in [0.15, 0.2) is 5.82 Å². The van der Waals surface area contributed by atoms with Crippen molar-refractivity contribution >= 4 is 22.6 Å². The predicted octanol–water partition coefficient (Wildman–Crippen LogP) is 3.77. The van der Waals surface area contributed by atoms with E-state index in [0.29, 0.717) is 0 Å². The molecule has 3 aromatic rings. The lowest BCUT2D eigenvalue weighted by Crippen LogP contribution is -2.11. The first kappa shape index (κ1) is 13.9. The Bertz CT molecular complexity index is 913. The number of aromatic amines is 1. The topological polar surface area (TPSA) is 70.7 Å². The van der Waals surface area contributed by atoms with Crippen LogP contribution in [0.15, 0.2) is 30.5 Å². The van der Waals surface area contributed by atoms with Crippen molar-refractivity contribution in [3.05, 3.63) is 41.6 Å². The van der Waals surface area contributed by atoms with Gasteiger partial charge in [-0.2, -0.15) is 0 Å². The molecule has 1 aromatic carbocycles. The number of aryl methyl sites for hydroxylation is 1. The van der Waals surface area contributed by atoms with E-state index in [1.54, 1.807) is 6.20 Å². The zero-order valence-corrected chi connectivity index (χ0v) is 13.2. The van der Waals surface area contributed by atoms with E-state index in [4.69, 9.17) is 0 Å². The van der Waals surface area contributed by atoms with E-state index in [1.165, 1.54) is 0 Å². The Morgan fingerprint density at radius 3 is 2.96 bits per heavy atom. The third kappa shape index (κ3) is 2.20. The number of pyridine rings is 1. The Morgan fingerprint density at radius 1 is 1.30 bits per heavy atom. The summed E-state index contributed by atoms with van der Waals surface area (Å²) in [6.45, 7) is 4.12. The Balaban J connectivity index is 1.83. The summed E-state index contributed by atoms with van der Waals surface area (Å²) >= 11 is 0. The summed E-state index contributed by atoms with van der Waals surface area (Å²) in [4.78, 5) is 24.5. The second-order valence-electron chi connectivity index (χ2n) is 6.04. The van der Waals surface area contributed by atoms with Gasteiger partial charge in [0.05, 0.1) is 17.0 Å². The molecule has 1 aliphatic heterocycles. The molecule has 1 aliphatic rings. The van der Waals surface area contributed by atoms with E-state index in [-0.39, 0.29) is 11.8 Å². The fourth-order valence-corrected chi connectivity index (χ4v) is 3.25. The van der Waals surface area contributed by atoms with E-state index < -0.39 is 0 Å². The molecule has 116 valence electrons. The number of nitrogens with zero attached hydrogens (tertiary/aromatic N) is 2. The van der Waals surface area contributed by atoms with Crippen molar-refractivity contribution in [1.82, 2.24) is 15.0 Å². The smallest absolute Gasteiger partial charge is 0.232 e. The van der Waals surface area contributed by atoms with Crippen molar-refractivity contribution in [1.29, 1.82) is 0 Å². The van der Waals surface area contributed by atoms with Crippen molar-refractivity contribution in [3.8, 4) is 11.5 Å². The standard InChI is InChI=1S/C18H18N4O/c1-3-5-11-12-8-14-15(9-13(12)22-18(11)23)21-17(20-14)16-10(2)6-4-7-19-16/h4,6-9,11H,3,5H2,1-2H3,(H,20,21)(H,22,23). The molecule has 5 heteroatoms. The fraction of sp³-hybridized carbons (Fsp3) is 0.278. The van der Waals surface area contributed by atoms with Crippen LogP contribution in [0.4, 0.5) is 5.69 Å². The molecule has 2 aromatic heterocycles. The first-order valence-corrected chi connectivity index (χ1v) is 7.94. The summed E-state index contributed by atoms with van der Waals surface area (Å²) in [7, 11) is 0. The maximum absolute atomic E-state index is 12.1. The Labute approximate surface area is 134 Å². The molecule has 3 heterocycles. The average molecular weight is 306 g/mol. The molecule has 0 bridgehead atoms. The van der Waals surface area contributed by atoms with Crippen LogP contribution in [0, 0.1) is 6.92 Å². The first-order chi connectivity index (χ1) is 11.2. The SMILES string of the molecule is CCCC1C(=O)Nc2cc3nc(-c4ncccc4C)[nH]c3cc21. The molecule has 4 rings (SSSR count). The minimum Gasteiger partial charge on any atom is -0.337 e. The van der Waals surface area contributed by atoms with Crippen molar-refractivity contribution in [2.75, 3.05) is 5.32 Å². The molecule has 1 atom stereocenters. The molecule has 0 saturated carbocycles. The number of H-pyrrole nitrogens is 1. The number of carbonyl (C=O) groups is 1. The molecule has 2 N–H and O–H groups in total. The fourth-order valence-electron chi connectivity index (χ4n) is 3.25. The van der Waals surface area contributed by atoms with Gasteiger partial charge in [-0.15, -0.1) is 0 Å². The first-order valence-electron chi connectivity index (χ1n) is 7.94. The number of anilines is 1. The summed E-state index contributed by atoms with van der Waals surface area (Å²) < 4.78 is 0. The summed E-state index contributed by atoms with van der Waals surface area (Å²) in [5, 5.41) is 2.98. The monoisotopic (exact) mass is 306 g/mol. The molecule has 0 spiro atoms. The number of carbonyl (C=O) groups excluding carboxylic acids is 1. The zero-order chi connectivity index (χ0) is 16.0. The van der Waals surface area contributed by atoms with Gasteiger partial charge >= 0.3 is 0 Å². The number of nitrogens with one attached hydrogen (secondary N) is 2. The van der Waals surface area contributed by atoms with E-state index in [1.807, 2.05) is 25.1 Å². The number of benzene rings is 1. The minimum atomic E-state index is -0.0530. The second-order valence-corrected chi connectivity index (χ2v) is 6.04. The van der Waals surface area contributed by atoms with Gasteiger partial charge in [-0.25, -0.2) is 4.98 Å². The lowest BCUT2D eigenvalue weighted by molar-refractivity contribution is -0.117. The molecule has 0 aliphatic carbocycles. The largest absolute Gasteiger partial charge is 0.337 e. The van der Waals surface area contributed by atoms with Gasteiger partial charge in [0.1, 0.15) is 5.69 Å². The summed E-state index contributed by atoms with van der Waals surface area (Å²) in [5.41, 5.74) is 5.69. The van der Waals surface area contributed by atoms with Crippen LogP contribution in [0.2, 0.25) is 0 Å². The average Bonchev–Trinajstić information content (AvgIpc) is 3.07. The van der Waals surface area contributed by atoms with Gasteiger partial charge in [0, 0.05) is 11.9 Å². The minimum absolute atomic E-state index is 0.0530. The summed E-state index contributed by atoms with van der Waals surface area (Å²) in [6.07, 6.45) is 3.62. The molecule has 1 amide bonds. The maximum atomic E-state index is 12.1. The van der Waals surface area contributed by atoms with Crippen molar-refractivity contribution in [3.63, 3.8) is 0 Å². The van der Waals surface area contributed by atoms with Gasteiger partial charge in [-0.3, -0.25) is 9.78 Å². The summed E-state index contributed by atoms with van der Waals surface area (Å²) in [6, 6.07) is 7.95. The van der Waals surface area contributed by atoms with E-state index in [2.05, 4.69) is 33.3 Å². The number of imidazole rings is 1. The van der Waals surface area contributed by atoms with E-state index >= 15 is 0 Å². The van der Waals surface area contributed by atoms with Crippen molar-refractivity contribution < 1.29 is 4.79 Å². The number of aromatic nitrogens is 3. The highest BCUT2D eigenvalue weighted by Gasteiger charge is 2.30. The lowest BCUT2D eigenvalue weighted by atomic mass is 9.96. The molecule has 5 nitrogen and oxygen atoms in total. The molecule has 0 radical (unpaired) electrons. The number of hydrogen-bond acceptors (Lipinski definition) is 3. The number of amides is 1. The van der Waals surface area contributed by atoms with Crippen molar-refractivity contribution in [2.45, 2.75) is 32.6 Å². The Morgan fingerprint density at radius 2 is 2.17 bits per heavy atom. The predicted molar refractivity (Wildman–Crippen MR) is 90.3 cm³/mol. The van der Waals surface area contributed by atoms with Crippen LogP contribution < -0.4 is 5.32 Å². The summed E-state index contributed by atoms with van der Waals surface area (Å²) in [5.74, 6) is 0.804. The molecule has 0 saturated heterocycles. The van der Waals surface area contributed by atoms with Crippen LogP contribution in [0.5, 0.6) is 0 Å². The van der Waals surface area contributed by atoms with Gasteiger partial charge < -0.3 is 10.3 Å². The quantitative estimate of drug-likeness (QED) is 0.774. The normalized spacial score (nSPS) is 16.6. The van der Waals surface area contributed by atoms with Gasteiger partial charge in [0.2, 0.25) is 5.91 Å².